The van der Waals surface area contributed by atoms with E-state index in [2.05, 4.69) is 4.98 Å². The molecule has 0 aliphatic carbocycles. The summed E-state index contributed by atoms with van der Waals surface area (Å²) in [7, 11) is 1.64. The third kappa shape index (κ3) is 3.28. The van der Waals surface area contributed by atoms with Crippen LogP contribution in [0.2, 0.25) is 0 Å². The molecule has 0 radical (unpaired) electrons. The van der Waals surface area contributed by atoms with Gasteiger partial charge in [0, 0.05) is 18.8 Å². The first-order chi connectivity index (χ1) is 11.2. The lowest BCUT2D eigenvalue weighted by molar-refractivity contribution is 0.0734. The Kier molecular flexibility index (Phi) is 4.46. The van der Waals surface area contributed by atoms with Crippen LogP contribution in [0.4, 0.5) is 0 Å². The Morgan fingerprint density at radius 1 is 1.30 bits per heavy atom. The minimum atomic E-state index is -0.326. The summed E-state index contributed by atoms with van der Waals surface area (Å²) in [5.41, 5.74) is 1.05. The predicted octanol–water partition coefficient (Wildman–Crippen LogP) is 2.23. The van der Waals surface area contributed by atoms with E-state index >= 15 is 0 Å². The Bertz CT molecular complexity index is 736. The molecular formula is C18H20N2O3. The molecule has 2 aromatic rings. The number of carbonyl (C=O) groups is 1. The summed E-state index contributed by atoms with van der Waals surface area (Å²) in [6.45, 7) is 0.702. The first-order valence-electron chi connectivity index (χ1n) is 7.80. The van der Waals surface area contributed by atoms with Gasteiger partial charge in [0.2, 0.25) is 0 Å². The molecule has 3 rings (SSSR count). The van der Waals surface area contributed by atoms with Crippen LogP contribution >= 0.6 is 0 Å². The molecule has 23 heavy (non-hydrogen) atoms. The van der Waals surface area contributed by atoms with Gasteiger partial charge >= 0.3 is 0 Å². The van der Waals surface area contributed by atoms with E-state index in [0.717, 1.165) is 30.6 Å². The molecule has 1 aliphatic heterocycles. The van der Waals surface area contributed by atoms with Gasteiger partial charge in [0.25, 0.3) is 11.5 Å². The van der Waals surface area contributed by atoms with Crippen LogP contribution < -0.4 is 10.3 Å². The van der Waals surface area contributed by atoms with Crippen LogP contribution in [0, 0.1) is 0 Å². The van der Waals surface area contributed by atoms with Crippen molar-refractivity contribution in [2.75, 3.05) is 13.7 Å². The lowest BCUT2D eigenvalue weighted by atomic mass is 10.0. The molecule has 0 spiro atoms. The fourth-order valence-corrected chi connectivity index (χ4v) is 3.09. The van der Waals surface area contributed by atoms with Gasteiger partial charge in [-0.1, -0.05) is 12.1 Å². The zero-order valence-corrected chi connectivity index (χ0v) is 13.1. The Hall–Kier alpha value is -2.56. The molecule has 1 amide bonds. The van der Waals surface area contributed by atoms with Gasteiger partial charge in [-0.25, -0.2) is 0 Å². The summed E-state index contributed by atoms with van der Waals surface area (Å²) >= 11 is 0. The highest BCUT2D eigenvalue weighted by Gasteiger charge is 2.30. The van der Waals surface area contributed by atoms with Crippen LogP contribution in [0.5, 0.6) is 5.75 Å². The summed E-state index contributed by atoms with van der Waals surface area (Å²) in [4.78, 5) is 28.9. The second-order valence-corrected chi connectivity index (χ2v) is 5.76. The van der Waals surface area contributed by atoms with E-state index in [1.807, 2.05) is 29.2 Å². The third-order valence-electron chi connectivity index (χ3n) is 4.32. The standard InChI is InChI=1S/C18H20N2O3/c1-23-15-8-6-13(7-9-15)12-14-4-3-11-20(14)18(22)16-5-2-10-19-17(16)21/h2,5-10,14H,3-4,11-12H2,1H3,(H,19,21)/t14-/m1/s1. The van der Waals surface area contributed by atoms with Crippen molar-refractivity contribution in [2.45, 2.75) is 25.3 Å². The average Bonchev–Trinajstić information content (AvgIpc) is 3.03. The van der Waals surface area contributed by atoms with Crippen molar-refractivity contribution < 1.29 is 9.53 Å². The number of nitrogens with one attached hydrogen (secondary N) is 1. The molecule has 1 N–H and O–H groups in total. The molecule has 1 aromatic heterocycles. The maximum atomic E-state index is 12.7. The molecule has 120 valence electrons. The van der Waals surface area contributed by atoms with Crippen LogP contribution in [-0.4, -0.2) is 35.5 Å². The number of nitrogens with zero attached hydrogens (tertiary/aromatic N) is 1. The molecule has 0 saturated carbocycles. The number of likely N-dealkylation sites (tertiary alicyclic amines) is 1. The second-order valence-electron chi connectivity index (χ2n) is 5.76. The van der Waals surface area contributed by atoms with E-state index < -0.39 is 0 Å². The van der Waals surface area contributed by atoms with Gasteiger partial charge in [-0.3, -0.25) is 9.59 Å². The number of amides is 1. The number of ether oxygens (including phenoxy) is 1. The SMILES string of the molecule is COc1ccc(C[C@H]2CCCN2C(=O)c2ccc[nH]c2=O)cc1. The van der Waals surface area contributed by atoms with Gasteiger partial charge in [0.15, 0.2) is 0 Å². The minimum absolute atomic E-state index is 0.135. The molecule has 1 atom stereocenters. The molecule has 0 unspecified atom stereocenters. The molecule has 2 heterocycles. The number of pyridine rings is 1. The molecular weight excluding hydrogens is 292 g/mol. The zero-order valence-electron chi connectivity index (χ0n) is 13.1. The van der Waals surface area contributed by atoms with Gasteiger partial charge in [-0.05, 0) is 49.1 Å². The number of aromatic amines is 1. The minimum Gasteiger partial charge on any atom is -0.497 e. The predicted molar refractivity (Wildman–Crippen MR) is 87.8 cm³/mol. The van der Waals surface area contributed by atoms with Gasteiger partial charge in [0.05, 0.1) is 7.11 Å². The van der Waals surface area contributed by atoms with E-state index in [0.29, 0.717) is 6.54 Å². The van der Waals surface area contributed by atoms with Crippen LogP contribution in [0.3, 0.4) is 0 Å². The number of H-pyrrole nitrogens is 1. The van der Waals surface area contributed by atoms with Crippen molar-refractivity contribution >= 4 is 5.91 Å². The molecule has 5 heteroatoms. The number of methoxy groups -OCH3 is 1. The molecule has 0 bridgehead atoms. The maximum Gasteiger partial charge on any atom is 0.260 e. The van der Waals surface area contributed by atoms with E-state index in [1.165, 1.54) is 6.20 Å². The van der Waals surface area contributed by atoms with Crippen LogP contribution in [-0.2, 0) is 6.42 Å². The van der Waals surface area contributed by atoms with Gasteiger partial charge < -0.3 is 14.6 Å². The summed E-state index contributed by atoms with van der Waals surface area (Å²) in [6.07, 6.45) is 4.26. The highest BCUT2D eigenvalue weighted by Crippen LogP contribution is 2.23. The molecule has 1 aromatic carbocycles. The van der Waals surface area contributed by atoms with Crippen molar-refractivity contribution in [3.8, 4) is 5.75 Å². The number of rotatable bonds is 4. The number of hydrogen-bond acceptors (Lipinski definition) is 3. The van der Waals surface area contributed by atoms with E-state index in [1.54, 1.807) is 19.2 Å². The maximum absolute atomic E-state index is 12.7. The summed E-state index contributed by atoms with van der Waals surface area (Å²) in [5, 5.41) is 0. The monoisotopic (exact) mass is 312 g/mol. The smallest absolute Gasteiger partial charge is 0.260 e. The van der Waals surface area contributed by atoms with E-state index in [4.69, 9.17) is 4.74 Å². The number of carbonyl (C=O) groups excluding carboxylic acids is 1. The first-order valence-corrected chi connectivity index (χ1v) is 7.80. The van der Waals surface area contributed by atoms with Crippen LogP contribution in [0.1, 0.15) is 28.8 Å². The quantitative estimate of drug-likeness (QED) is 0.941. The van der Waals surface area contributed by atoms with Gasteiger partial charge in [0.1, 0.15) is 11.3 Å². The average molecular weight is 312 g/mol. The second kappa shape index (κ2) is 6.69. The lowest BCUT2D eigenvalue weighted by Crippen LogP contribution is -2.39. The topological polar surface area (TPSA) is 62.4 Å². The summed E-state index contributed by atoms with van der Waals surface area (Å²) < 4.78 is 5.17. The zero-order chi connectivity index (χ0) is 16.2. The van der Waals surface area contributed by atoms with Crippen LogP contribution in [0.15, 0.2) is 47.4 Å². The largest absolute Gasteiger partial charge is 0.497 e. The Morgan fingerprint density at radius 2 is 2.09 bits per heavy atom. The molecule has 1 saturated heterocycles. The van der Waals surface area contributed by atoms with Gasteiger partial charge in [-0.2, -0.15) is 0 Å². The van der Waals surface area contributed by atoms with Crippen LogP contribution in [0.25, 0.3) is 0 Å². The molecule has 1 aliphatic rings. The van der Waals surface area contributed by atoms with Crippen molar-refractivity contribution in [3.05, 3.63) is 64.1 Å². The third-order valence-corrected chi connectivity index (χ3v) is 4.32. The van der Waals surface area contributed by atoms with E-state index in [9.17, 15) is 9.59 Å². The lowest BCUT2D eigenvalue weighted by Gasteiger charge is -2.24. The highest BCUT2D eigenvalue weighted by molar-refractivity contribution is 5.94. The highest BCUT2D eigenvalue weighted by atomic mass is 16.5. The summed E-state index contributed by atoms with van der Waals surface area (Å²) in [5.74, 6) is 0.645. The van der Waals surface area contributed by atoms with Crippen molar-refractivity contribution in [1.82, 2.24) is 9.88 Å². The van der Waals surface area contributed by atoms with E-state index in [-0.39, 0.29) is 23.1 Å². The fraction of sp³-hybridized carbons (Fsp3) is 0.333. The summed E-state index contributed by atoms with van der Waals surface area (Å²) in [6, 6.07) is 11.3. The van der Waals surface area contributed by atoms with Crippen molar-refractivity contribution in [1.29, 1.82) is 0 Å². The Labute approximate surface area is 134 Å². The van der Waals surface area contributed by atoms with Crippen molar-refractivity contribution in [3.63, 3.8) is 0 Å². The molecule has 1 fully saturated rings. The Balaban J connectivity index is 1.76. The normalized spacial score (nSPS) is 17.3. The first kappa shape index (κ1) is 15.3. The number of benzene rings is 1. The number of hydrogen-bond donors (Lipinski definition) is 1. The van der Waals surface area contributed by atoms with Crippen molar-refractivity contribution in [2.24, 2.45) is 0 Å². The number of aromatic nitrogens is 1. The molecule has 5 nitrogen and oxygen atoms in total. The van der Waals surface area contributed by atoms with Gasteiger partial charge in [-0.15, -0.1) is 0 Å². The Morgan fingerprint density at radius 3 is 2.78 bits per heavy atom. The fourth-order valence-electron chi connectivity index (χ4n) is 3.09.